The third-order valence-electron chi connectivity index (χ3n) is 3.30. The lowest BCUT2D eigenvalue weighted by Crippen LogP contribution is -2.26. The number of hydrogen-bond donors (Lipinski definition) is 0. The second-order valence-electron chi connectivity index (χ2n) is 5.10. The smallest absolute Gasteiger partial charge is 0.243 e. The van der Waals surface area contributed by atoms with E-state index in [-0.39, 0.29) is 0 Å². The van der Waals surface area contributed by atoms with Crippen LogP contribution >= 0.6 is 11.3 Å². The van der Waals surface area contributed by atoms with Crippen molar-refractivity contribution in [2.45, 2.75) is 38.6 Å². The molecular weight excluding hydrogens is 304 g/mol. The summed E-state index contributed by atoms with van der Waals surface area (Å²) in [6.45, 7) is 6.18. The maximum atomic E-state index is 12.7. The van der Waals surface area contributed by atoms with Gasteiger partial charge in [0, 0.05) is 24.7 Å². The molecule has 6 heteroatoms. The van der Waals surface area contributed by atoms with Gasteiger partial charge >= 0.3 is 0 Å². The Morgan fingerprint density at radius 3 is 2.57 bits per heavy atom. The first-order valence-corrected chi connectivity index (χ1v) is 9.07. The molecule has 0 saturated heterocycles. The second-order valence-corrected chi connectivity index (χ2v) is 8.32. The van der Waals surface area contributed by atoms with Gasteiger partial charge in [0.15, 0.2) is 0 Å². The molecule has 21 heavy (non-hydrogen) atoms. The summed E-state index contributed by atoms with van der Waals surface area (Å²) in [5.41, 5.74) is 1.84. The zero-order valence-electron chi connectivity index (χ0n) is 12.8. The van der Waals surface area contributed by atoms with Crippen LogP contribution in [0.3, 0.4) is 0 Å². The molecule has 1 aromatic heterocycles. The van der Waals surface area contributed by atoms with Crippen molar-refractivity contribution >= 4 is 21.4 Å². The van der Waals surface area contributed by atoms with E-state index in [9.17, 15) is 8.42 Å². The Balaban J connectivity index is 2.25. The molecule has 4 nitrogen and oxygen atoms in total. The molecule has 0 aliphatic carbocycles. The van der Waals surface area contributed by atoms with Crippen molar-refractivity contribution in [1.29, 1.82) is 0 Å². The van der Waals surface area contributed by atoms with Gasteiger partial charge in [0.05, 0.1) is 9.90 Å². The number of sulfonamides is 1. The normalized spacial score (nSPS) is 12.0. The molecule has 0 spiro atoms. The summed E-state index contributed by atoms with van der Waals surface area (Å²) < 4.78 is 26.7. The van der Waals surface area contributed by atoms with Gasteiger partial charge in [0.1, 0.15) is 0 Å². The van der Waals surface area contributed by atoms with Crippen LogP contribution in [-0.2, 0) is 23.0 Å². The summed E-state index contributed by atoms with van der Waals surface area (Å²) in [5.74, 6) is 0. The third-order valence-corrected chi connectivity index (χ3v) is 6.39. The van der Waals surface area contributed by atoms with Crippen molar-refractivity contribution in [3.05, 3.63) is 45.4 Å². The summed E-state index contributed by atoms with van der Waals surface area (Å²) in [6, 6.07) is 5.40. The number of rotatable bonds is 5. The minimum absolute atomic E-state index is 0.354. The van der Waals surface area contributed by atoms with E-state index in [0.717, 1.165) is 27.4 Å². The van der Waals surface area contributed by atoms with Crippen LogP contribution in [0.2, 0.25) is 0 Å². The molecule has 0 atom stereocenters. The quantitative estimate of drug-likeness (QED) is 0.849. The molecule has 0 N–H and O–H groups in total. The SMILES string of the molecule is CCc1ncc(CN(C)S(=O)(=O)c2ccc(C)cc2C)s1. The highest BCUT2D eigenvalue weighted by Gasteiger charge is 2.23. The number of hydrogen-bond acceptors (Lipinski definition) is 4. The van der Waals surface area contributed by atoms with E-state index < -0.39 is 10.0 Å². The van der Waals surface area contributed by atoms with Crippen molar-refractivity contribution in [3.8, 4) is 0 Å². The van der Waals surface area contributed by atoms with Gasteiger partial charge in [0.2, 0.25) is 10.0 Å². The van der Waals surface area contributed by atoms with Crippen LogP contribution in [0, 0.1) is 13.8 Å². The predicted octanol–water partition coefficient (Wildman–Crippen LogP) is 3.14. The Morgan fingerprint density at radius 2 is 2.00 bits per heavy atom. The first-order valence-electron chi connectivity index (χ1n) is 6.81. The molecule has 2 aromatic rings. The van der Waals surface area contributed by atoms with E-state index in [2.05, 4.69) is 4.98 Å². The summed E-state index contributed by atoms with van der Waals surface area (Å²) in [5, 5.41) is 1.03. The van der Waals surface area contributed by atoms with Crippen molar-refractivity contribution in [2.75, 3.05) is 7.05 Å². The molecule has 0 fully saturated rings. The lowest BCUT2D eigenvalue weighted by Gasteiger charge is -2.18. The van der Waals surface area contributed by atoms with E-state index >= 15 is 0 Å². The highest BCUT2D eigenvalue weighted by Crippen LogP contribution is 2.23. The summed E-state index contributed by atoms with van der Waals surface area (Å²) in [7, 11) is -1.86. The summed E-state index contributed by atoms with van der Waals surface area (Å²) >= 11 is 1.56. The number of aromatic nitrogens is 1. The Bertz CT molecular complexity index is 736. The number of aryl methyl sites for hydroxylation is 3. The highest BCUT2D eigenvalue weighted by molar-refractivity contribution is 7.89. The first kappa shape index (κ1) is 16.1. The van der Waals surface area contributed by atoms with Crippen molar-refractivity contribution in [1.82, 2.24) is 9.29 Å². The lowest BCUT2D eigenvalue weighted by atomic mass is 10.2. The fourth-order valence-electron chi connectivity index (χ4n) is 2.15. The van der Waals surface area contributed by atoms with Crippen LogP contribution in [0.1, 0.15) is 27.9 Å². The maximum absolute atomic E-state index is 12.7. The van der Waals surface area contributed by atoms with Gasteiger partial charge in [-0.25, -0.2) is 13.4 Å². The first-order chi connectivity index (χ1) is 9.84. The average molecular weight is 324 g/mol. The largest absolute Gasteiger partial charge is 0.249 e. The standard InChI is InChI=1S/C15H20N2O2S2/c1-5-15-16-9-13(20-15)10-17(4)21(18,19)14-7-6-11(2)8-12(14)3/h6-9H,5,10H2,1-4H3. The molecule has 0 unspecified atom stereocenters. The minimum Gasteiger partial charge on any atom is -0.249 e. The van der Waals surface area contributed by atoms with Crippen LogP contribution < -0.4 is 0 Å². The van der Waals surface area contributed by atoms with E-state index in [4.69, 9.17) is 0 Å². The molecule has 0 radical (unpaired) electrons. The van der Waals surface area contributed by atoms with Crippen LogP contribution in [0.25, 0.3) is 0 Å². The van der Waals surface area contributed by atoms with Crippen molar-refractivity contribution in [3.63, 3.8) is 0 Å². The van der Waals surface area contributed by atoms with Crippen LogP contribution in [0.15, 0.2) is 29.3 Å². The fraction of sp³-hybridized carbons (Fsp3) is 0.400. The Morgan fingerprint density at radius 1 is 1.29 bits per heavy atom. The van der Waals surface area contributed by atoms with E-state index in [0.29, 0.717) is 11.4 Å². The van der Waals surface area contributed by atoms with Gasteiger partial charge in [-0.05, 0) is 31.9 Å². The lowest BCUT2D eigenvalue weighted by molar-refractivity contribution is 0.469. The zero-order valence-corrected chi connectivity index (χ0v) is 14.4. The molecule has 1 aromatic carbocycles. The van der Waals surface area contributed by atoms with E-state index in [1.807, 2.05) is 32.9 Å². The molecule has 0 aliphatic rings. The van der Waals surface area contributed by atoms with Crippen LogP contribution in [-0.4, -0.2) is 24.8 Å². The van der Waals surface area contributed by atoms with Crippen molar-refractivity contribution < 1.29 is 8.42 Å². The topological polar surface area (TPSA) is 50.3 Å². The second kappa shape index (κ2) is 6.25. The third kappa shape index (κ3) is 3.51. The van der Waals surface area contributed by atoms with E-state index in [1.54, 1.807) is 30.6 Å². The molecule has 0 amide bonds. The average Bonchev–Trinajstić information content (AvgIpc) is 2.85. The Labute approximate surface area is 130 Å². The van der Waals surface area contributed by atoms with Gasteiger partial charge in [-0.3, -0.25) is 0 Å². The molecule has 2 rings (SSSR count). The number of thiazole rings is 1. The highest BCUT2D eigenvalue weighted by atomic mass is 32.2. The van der Waals surface area contributed by atoms with Gasteiger partial charge in [-0.1, -0.05) is 24.6 Å². The maximum Gasteiger partial charge on any atom is 0.243 e. The molecule has 114 valence electrons. The van der Waals surface area contributed by atoms with Gasteiger partial charge in [-0.15, -0.1) is 11.3 Å². The minimum atomic E-state index is -3.47. The fourth-order valence-corrected chi connectivity index (χ4v) is 4.49. The number of nitrogens with zero attached hydrogens (tertiary/aromatic N) is 2. The van der Waals surface area contributed by atoms with Gasteiger partial charge < -0.3 is 0 Å². The summed E-state index contributed by atoms with van der Waals surface area (Å²) in [4.78, 5) is 5.60. The van der Waals surface area contributed by atoms with Crippen molar-refractivity contribution in [2.24, 2.45) is 0 Å². The van der Waals surface area contributed by atoms with Crippen LogP contribution in [0.5, 0.6) is 0 Å². The summed E-state index contributed by atoms with van der Waals surface area (Å²) in [6.07, 6.45) is 2.63. The molecule has 0 saturated carbocycles. The van der Waals surface area contributed by atoms with Crippen LogP contribution in [0.4, 0.5) is 0 Å². The molecule has 0 bridgehead atoms. The van der Waals surface area contributed by atoms with E-state index in [1.165, 1.54) is 4.31 Å². The number of benzene rings is 1. The molecule has 0 aliphatic heterocycles. The monoisotopic (exact) mass is 324 g/mol. The molecular formula is C15H20N2O2S2. The Kier molecular flexibility index (Phi) is 4.81. The molecule has 1 heterocycles. The Hall–Kier alpha value is -1.24. The zero-order chi connectivity index (χ0) is 15.6. The predicted molar refractivity (Wildman–Crippen MR) is 86.1 cm³/mol. The van der Waals surface area contributed by atoms with Gasteiger partial charge in [-0.2, -0.15) is 4.31 Å². The van der Waals surface area contributed by atoms with Gasteiger partial charge in [0.25, 0.3) is 0 Å².